The van der Waals surface area contributed by atoms with E-state index in [-0.39, 0.29) is 43.3 Å². The van der Waals surface area contributed by atoms with Crippen molar-refractivity contribution < 1.29 is 18.1 Å². The molecule has 0 heterocycles. The molecular formula is C68H92O4P2. The van der Waals surface area contributed by atoms with Gasteiger partial charge in [-0.1, -0.05) is 239 Å². The van der Waals surface area contributed by atoms with Crippen LogP contribution in [0.15, 0.2) is 121 Å². The van der Waals surface area contributed by atoms with Crippen LogP contribution in [0.3, 0.4) is 0 Å². The SMILES string of the molecule is CC(C)(C)c1ccc(OP(Oc2ccc(C(C)(C)C)cc2C(C)(C)C)c2ccc(-c3ccc(P(Oc4ccc(C(C)(C)C)cc4C(C)(C)C)Oc4ccc(C(C)(C)C)cc4C(C)(C)C)cc3)cc2)c(C(C)(C)C)c1. The van der Waals surface area contributed by atoms with Gasteiger partial charge >= 0.3 is 16.8 Å². The van der Waals surface area contributed by atoms with Crippen molar-refractivity contribution in [2.45, 2.75) is 209 Å². The van der Waals surface area contributed by atoms with Crippen molar-refractivity contribution in [1.82, 2.24) is 0 Å². The van der Waals surface area contributed by atoms with E-state index in [4.69, 9.17) is 18.1 Å². The summed E-state index contributed by atoms with van der Waals surface area (Å²) in [7, 11) is -3.25. The van der Waals surface area contributed by atoms with Gasteiger partial charge in [0, 0.05) is 22.3 Å². The molecule has 0 spiro atoms. The van der Waals surface area contributed by atoms with Crippen molar-refractivity contribution >= 4 is 27.4 Å². The first-order valence-corrected chi connectivity index (χ1v) is 29.2. The molecule has 0 aliphatic rings. The van der Waals surface area contributed by atoms with Gasteiger partial charge in [0.15, 0.2) is 0 Å². The molecule has 0 saturated carbocycles. The Balaban J connectivity index is 1.43. The van der Waals surface area contributed by atoms with Crippen molar-refractivity contribution in [2.24, 2.45) is 0 Å². The van der Waals surface area contributed by atoms with Gasteiger partial charge < -0.3 is 18.1 Å². The van der Waals surface area contributed by atoms with Crippen molar-refractivity contribution in [3.05, 3.63) is 166 Å². The summed E-state index contributed by atoms with van der Waals surface area (Å²) >= 11 is 0. The van der Waals surface area contributed by atoms with Crippen LogP contribution in [-0.2, 0) is 43.3 Å². The zero-order chi connectivity index (χ0) is 55.4. The van der Waals surface area contributed by atoms with Crippen LogP contribution in [0.2, 0.25) is 0 Å². The zero-order valence-corrected chi connectivity index (χ0v) is 51.9. The third kappa shape index (κ3) is 14.4. The molecule has 0 unspecified atom stereocenters. The molecule has 0 aliphatic carbocycles. The normalized spacial score (nSPS) is 13.4. The minimum absolute atomic E-state index is 0.00545. The van der Waals surface area contributed by atoms with Crippen molar-refractivity contribution in [2.75, 3.05) is 0 Å². The summed E-state index contributed by atoms with van der Waals surface area (Å²) in [5.41, 5.74) is 11.3. The van der Waals surface area contributed by atoms with Crippen LogP contribution in [0.4, 0.5) is 0 Å². The Labute approximate surface area is 452 Å². The van der Waals surface area contributed by atoms with Crippen LogP contribution in [0.5, 0.6) is 23.0 Å². The van der Waals surface area contributed by atoms with Crippen LogP contribution < -0.4 is 28.7 Å². The van der Waals surface area contributed by atoms with Gasteiger partial charge in [0.2, 0.25) is 0 Å². The zero-order valence-electron chi connectivity index (χ0n) is 50.1. The summed E-state index contributed by atoms with van der Waals surface area (Å²) in [5.74, 6) is 3.39. The molecule has 74 heavy (non-hydrogen) atoms. The molecular weight excluding hydrogens is 943 g/mol. The van der Waals surface area contributed by atoms with E-state index in [1.807, 2.05) is 0 Å². The van der Waals surface area contributed by atoms with E-state index < -0.39 is 16.8 Å². The largest absolute Gasteiger partial charge is 0.435 e. The summed E-state index contributed by atoms with van der Waals surface area (Å²) in [6, 6.07) is 44.3. The highest BCUT2D eigenvalue weighted by molar-refractivity contribution is 7.57. The molecule has 398 valence electrons. The van der Waals surface area contributed by atoms with E-state index in [0.29, 0.717) is 0 Å². The van der Waals surface area contributed by atoms with Gasteiger partial charge in [0.1, 0.15) is 23.0 Å². The van der Waals surface area contributed by atoms with Crippen LogP contribution in [0.1, 0.15) is 211 Å². The Morgan fingerprint density at radius 1 is 0.230 bits per heavy atom. The molecule has 6 aromatic carbocycles. The van der Waals surface area contributed by atoms with Gasteiger partial charge in [0.05, 0.1) is 10.6 Å². The second kappa shape index (κ2) is 21.1. The molecule has 0 amide bonds. The maximum absolute atomic E-state index is 7.20. The second-order valence-corrected chi connectivity index (χ2v) is 31.6. The number of hydrogen-bond donors (Lipinski definition) is 0. The lowest BCUT2D eigenvalue weighted by molar-refractivity contribution is 0.465. The number of hydrogen-bond acceptors (Lipinski definition) is 4. The first-order valence-electron chi connectivity index (χ1n) is 26.8. The van der Waals surface area contributed by atoms with Crippen molar-refractivity contribution in [3.8, 4) is 34.1 Å². The van der Waals surface area contributed by atoms with Gasteiger partial charge in [-0.3, -0.25) is 0 Å². The fourth-order valence-corrected chi connectivity index (χ4v) is 11.4. The van der Waals surface area contributed by atoms with Gasteiger partial charge in [-0.15, -0.1) is 0 Å². The Kier molecular flexibility index (Phi) is 16.7. The topological polar surface area (TPSA) is 36.9 Å². The Bertz CT molecular complexity index is 2530. The summed E-state index contributed by atoms with van der Waals surface area (Å²) < 4.78 is 28.8. The molecule has 0 atom stereocenters. The fourth-order valence-electron chi connectivity index (χ4n) is 8.81. The summed E-state index contributed by atoms with van der Waals surface area (Å²) in [4.78, 5) is 0. The number of rotatable bonds is 11. The maximum Gasteiger partial charge on any atom is 0.326 e. The standard InChI is InChI=1S/C68H92O4P2/c1-61(2,3)47-29-37-57(53(41-47)65(13,14)15)69-73(70-58-38-30-48(62(4,5)6)42-54(58)66(16,17)18)51-33-25-45(26-34-51)46-27-35-52(36-28-46)74(71-59-39-31-49(63(7,8)9)43-55(59)67(19,20)21)72-60-40-32-50(64(10,11)12)44-56(60)68(22,23)24/h25-44H,1-24H3. The summed E-state index contributed by atoms with van der Waals surface area (Å²) in [5, 5.41) is 1.98. The predicted octanol–water partition coefficient (Wildman–Crippen LogP) is 19.9. The Hall–Kier alpha value is -4.62. The molecule has 0 N–H and O–H groups in total. The molecule has 0 aliphatic heterocycles. The lowest BCUT2D eigenvalue weighted by Crippen LogP contribution is -2.20. The third-order valence-electron chi connectivity index (χ3n) is 13.8. The van der Waals surface area contributed by atoms with Gasteiger partial charge in [0.25, 0.3) is 0 Å². The second-order valence-electron chi connectivity index (χ2n) is 28.8. The predicted molar refractivity (Wildman–Crippen MR) is 323 cm³/mol. The van der Waals surface area contributed by atoms with Crippen LogP contribution in [0.25, 0.3) is 11.1 Å². The van der Waals surface area contributed by atoms with E-state index in [0.717, 1.165) is 67.0 Å². The molecule has 6 aromatic rings. The van der Waals surface area contributed by atoms with E-state index in [1.165, 1.54) is 22.3 Å². The van der Waals surface area contributed by atoms with Crippen molar-refractivity contribution in [1.29, 1.82) is 0 Å². The van der Waals surface area contributed by atoms with Gasteiger partial charge in [-0.05, 0) is 125 Å². The quantitative estimate of drug-likeness (QED) is 0.121. The molecule has 0 radical (unpaired) electrons. The minimum Gasteiger partial charge on any atom is -0.435 e. The molecule has 0 aromatic heterocycles. The average Bonchev–Trinajstić information content (AvgIpc) is 3.26. The van der Waals surface area contributed by atoms with E-state index in [1.54, 1.807) is 0 Å². The number of benzene rings is 6. The van der Waals surface area contributed by atoms with Crippen LogP contribution in [-0.4, -0.2) is 0 Å². The summed E-state index contributed by atoms with van der Waals surface area (Å²) in [6.07, 6.45) is 0. The molecule has 6 heteroatoms. The molecule has 0 fully saturated rings. The highest BCUT2D eigenvalue weighted by atomic mass is 31.2. The van der Waals surface area contributed by atoms with E-state index >= 15 is 0 Å². The Morgan fingerprint density at radius 3 is 0.581 bits per heavy atom. The van der Waals surface area contributed by atoms with Crippen LogP contribution in [0, 0.1) is 0 Å². The molecule has 4 nitrogen and oxygen atoms in total. The maximum atomic E-state index is 7.20. The van der Waals surface area contributed by atoms with Gasteiger partial charge in [-0.25, -0.2) is 0 Å². The smallest absolute Gasteiger partial charge is 0.326 e. The van der Waals surface area contributed by atoms with E-state index in [2.05, 4.69) is 287 Å². The molecule has 0 bridgehead atoms. The monoisotopic (exact) mass is 1030 g/mol. The summed E-state index contributed by atoms with van der Waals surface area (Å²) in [6.45, 7) is 54.3. The van der Waals surface area contributed by atoms with Crippen LogP contribution >= 0.6 is 16.8 Å². The molecule has 6 rings (SSSR count). The first kappa shape index (κ1) is 58.6. The third-order valence-corrected chi connectivity index (χ3v) is 16.7. The highest BCUT2D eigenvalue weighted by Gasteiger charge is 2.32. The van der Waals surface area contributed by atoms with Gasteiger partial charge in [-0.2, -0.15) is 0 Å². The van der Waals surface area contributed by atoms with E-state index in [9.17, 15) is 0 Å². The first-order chi connectivity index (χ1) is 33.7. The average molecular weight is 1040 g/mol. The fraction of sp³-hybridized carbons (Fsp3) is 0.471. The lowest BCUT2D eigenvalue weighted by atomic mass is 9.80. The minimum atomic E-state index is -1.63. The van der Waals surface area contributed by atoms with Crippen molar-refractivity contribution in [3.63, 3.8) is 0 Å². The Morgan fingerprint density at radius 2 is 0.419 bits per heavy atom. The lowest BCUT2D eigenvalue weighted by Gasteiger charge is -2.31. The molecule has 0 saturated heterocycles. The highest BCUT2D eigenvalue weighted by Crippen LogP contribution is 2.50.